The Labute approximate surface area is 229 Å². The second-order valence-electron chi connectivity index (χ2n) is 10.0. The zero-order chi connectivity index (χ0) is 26.9. The van der Waals surface area contributed by atoms with Crippen molar-refractivity contribution in [2.75, 3.05) is 13.2 Å². The van der Waals surface area contributed by atoms with Crippen molar-refractivity contribution < 1.29 is 14.3 Å². The summed E-state index contributed by atoms with van der Waals surface area (Å²) in [6, 6.07) is 21.0. The van der Waals surface area contributed by atoms with Gasteiger partial charge in [-0.3, -0.25) is 9.59 Å². The molecule has 0 heterocycles. The maximum absolute atomic E-state index is 13.7. The van der Waals surface area contributed by atoms with Gasteiger partial charge >= 0.3 is 0 Å². The fourth-order valence-corrected chi connectivity index (χ4v) is 4.43. The summed E-state index contributed by atoms with van der Waals surface area (Å²) in [7, 11) is 0. The van der Waals surface area contributed by atoms with Crippen LogP contribution in [0.5, 0.6) is 5.75 Å². The Hall–Kier alpha value is -3.12. The van der Waals surface area contributed by atoms with Gasteiger partial charge in [0.2, 0.25) is 5.91 Å². The lowest BCUT2D eigenvalue weighted by atomic mass is 10.0. The molecule has 0 spiro atoms. The lowest BCUT2D eigenvalue weighted by molar-refractivity contribution is -0.142. The van der Waals surface area contributed by atoms with Gasteiger partial charge in [0.15, 0.2) is 6.61 Å². The highest BCUT2D eigenvalue weighted by Crippen LogP contribution is 2.26. The van der Waals surface area contributed by atoms with Gasteiger partial charge in [-0.2, -0.15) is 0 Å². The summed E-state index contributed by atoms with van der Waals surface area (Å²) in [6.07, 6.45) is 0.416. The predicted molar refractivity (Wildman–Crippen MR) is 153 cm³/mol. The number of carbonyl (C=O) groups is 2. The number of hydrogen-bond donors (Lipinski definition) is 1. The lowest BCUT2D eigenvalue weighted by Crippen LogP contribution is -2.52. The van der Waals surface area contributed by atoms with Crippen LogP contribution in [0, 0.1) is 26.7 Å². The Kier molecular flexibility index (Phi) is 10.3. The number of ether oxygens (including phenoxy) is 1. The number of hydrogen-bond acceptors (Lipinski definition) is 3. The first-order chi connectivity index (χ1) is 17.6. The van der Waals surface area contributed by atoms with Gasteiger partial charge in [-0.25, -0.2) is 0 Å². The number of amides is 2. The smallest absolute Gasteiger partial charge is 0.261 e. The monoisotopic (exact) mass is 564 g/mol. The number of benzene rings is 3. The average molecular weight is 566 g/mol. The summed E-state index contributed by atoms with van der Waals surface area (Å²) in [5, 5.41) is 3.05. The van der Waals surface area contributed by atoms with Crippen LogP contribution in [0.3, 0.4) is 0 Å². The van der Waals surface area contributed by atoms with Crippen LogP contribution in [-0.4, -0.2) is 35.9 Å². The third kappa shape index (κ3) is 8.46. The number of nitrogens with one attached hydrogen (secondary N) is 1. The van der Waals surface area contributed by atoms with Gasteiger partial charge in [0.05, 0.1) is 0 Å². The minimum absolute atomic E-state index is 0.158. The number of aryl methyl sites for hydroxylation is 3. The molecule has 6 heteroatoms. The Morgan fingerprint density at radius 3 is 2.19 bits per heavy atom. The molecule has 0 saturated heterocycles. The largest absolute Gasteiger partial charge is 0.484 e. The Bertz CT molecular complexity index is 1190. The van der Waals surface area contributed by atoms with Crippen molar-refractivity contribution in [3.63, 3.8) is 0 Å². The topological polar surface area (TPSA) is 58.6 Å². The molecule has 2 amide bonds. The molecule has 0 bridgehead atoms. The predicted octanol–water partition coefficient (Wildman–Crippen LogP) is 6.17. The zero-order valence-electron chi connectivity index (χ0n) is 22.4. The van der Waals surface area contributed by atoms with Crippen molar-refractivity contribution in [2.24, 2.45) is 5.92 Å². The molecule has 0 aliphatic rings. The lowest BCUT2D eigenvalue weighted by Gasteiger charge is -2.32. The first-order valence-electron chi connectivity index (χ1n) is 12.7. The van der Waals surface area contributed by atoms with E-state index < -0.39 is 6.04 Å². The molecule has 0 aromatic heterocycles. The molecular formula is C31H37BrN2O3. The molecule has 3 rings (SSSR count). The van der Waals surface area contributed by atoms with Gasteiger partial charge < -0.3 is 15.0 Å². The molecule has 0 fully saturated rings. The number of rotatable bonds is 11. The normalized spacial score (nSPS) is 11.8. The van der Waals surface area contributed by atoms with Crippen LogP contribution in [0.4, 0.5) is 0 Å². The second kappa shape index (κ2) is 13.4. The molecule has 0 aliphatic heterocycles. The highest BCUT2D eigenvalue weighted by Gasteiger charge is 2.30. The average Bonchev–Trinajstić information content (AvgIpc) is 2.87. The summed E-state index contributed by atoms with van der Waals surface area (Å²) in [5.41, 5.74) is 5.14. The van der Waals surface area contributed by atoms with Gasteiger partial charge in [0.1, 0.15) is 11.8 Å². The molecule has 0 saturated carbocycles. The van der Waals surface area contributed by atoms with Gasteiger partial charge in [-0.05, 0) is 61.1 Å². The van der Waals surface area contributed by atoms with E-state index in [1.165, 1.54) is 0 Å². The maximum atomic E-state index is 13.7. The van der Waals surface area contributed by atoms with Crippen molar-refractivity contribution >= 4 is 27.7 Å². The molecule has 3 aromatic carbocycles. The SMILES string of the molecule is Cc1cccc(CN(C(=O)COc2cc(C)c(Br)c(C)c2)[C@H](Cc2ccccc2)C(=O)NCC(C)C)c1. The molecule has 1 atom stereocenters. The number of carbonyl (C=O) groups excluding carboxylic acids is 2. The molecular weight excluding hydrogens is 528 g/mol. The van der Waals surface area contributed by atoms with E-state index >= 15 is 0 Å². The van der Waals surface area contributed by atoms with E-state index in [9.17, 15) is 9.59 Å². The summed E-state index contributed by atoms with van der Waals surface area (Å²) in [5.74, 6) is 0.537. The van der Waals surface area contributed by atoms with Crippen LogP contribution in [-0.2, 0) is 22.6 Å². The molecule has 37 heavy (non-hydrogen) atoms. The molecule has 3 aromatic rings. The van der Waals surface area contributed by atoms with Crippen LogP contribution >= 0.6 is 15.9 Å². The fraction of sp³-hybridized carbons (Fsp3) is 0.355. The summed E-state index contributed by atoms with van der Waals surface area (Å²) in [6.45, 7) is 10.8. The molecule has 0 aliphatic carbocycles. The Morgan fingerprint density at radius 2 is 1.57 bits per heavy atom. The van der Waals surface area contributed by atoms with Crippen LogP contribution < -0.4 is 10.1 Å². The number of halogens is 1. The van der Waals surface area contributed by atoms with Crippen molar-refractivity contribution in [1.82, 2.24) is 10.2 Å². The first-order valence-corrected chi connectivity index (χ1v) is 13.5. The van der Waals surface area contributed by atoms with Crippen LogP contribution in [0.2, 0.25) is 0 Å². The third-order valence-electron chi connectivity index (χ3n) is 6.16. The quantitative estimate of drug-likeness (QED) is 0.303. The minimum Gasteiger partial charge on any atom is -0.484 e. The molecule has 1 N–H and O–H groups in total. The maximum Gasteiger partial charge on any atom is 0.261 e. The van der Waals surface area contributed by atoms with Gasteiger partial charge in [-0.15, -0.1) is 0 Å². The van der Waals surface area contributed by atoms with Crippen molar-refractivity contribution in [1.29, 1.82) is 0 Å². The summed E-state index contributed by atoms with van der Waals surface area (Å²) < 4.78 is 6.99. The van der Waals surface area contributed by atoms with Crippen LogP contribution in [0.15, 0.2) is 71.2 Å². The van der Waals surface area contributed by atoms with E-state index in [1.807, 2.05) is 87.5 Å². The van der Waals surface area contributed by atoms with E-state index in [0.29, 0.717) is 31.2 Å². The highest BCUT2D eigenvalue weighted by molar-refractivity contribution is 9.10. The van der Waals surface area contributed by atoms with Crippen LogP contribution in [0.1, 0.15) is 41.7 Å². The van der Waals surface area contributed by atoms with Crippen molar-refractivity contribution in [2.45, 2.75) is 53.6 Å². The van der Waals surface area contributed by atoms with E-state index in [4.69, 9.17) is 4.74 Å². The summed E-state index contributed by atoms with van der Waals surface area (Å²) in [4.78, 5) is 28.9. The first kappa shape index (κ1) is 28.5. The second-order valence-corrected chi connectivity index (χ2v) is 10.8. The van der Waals surface area contributed by atoms with E-state index in [-0.39, 0.29) is 18.4 Å². The van der Waals surface area contributed by atoms with Crippen molar-refractivity contribution in [3.05, 3.63) is 99.0 Å². The molecule has 196 valence electrons. The number of nitrogens with zero attached hydrogens (tertiary/aromatic N) is 1. The van der Waals surface area contributed by atoms with E-state index in [2.05, 4.69) is 35.1 Å². The summed E-state index contributed by atoms with van der Waals surface area (Å²) >= 11 is 3.58. The van der Waals surface area contributed by atoms with E-state index in [1.54, 1.807) is 4.90 Å². The van der Waals surface area contributed by atoms with Crippen molar-refractivity contribution in [3.8, 4) is 5.75 Å². The standard InChI is InChI=1S/C31H37BrN2O3/c1-21(2)18-33-31(36)28(17-25-11-7-6-8-12-25)34(19-26-13-9-10-22(3)14-26)29(35)20-37-27-15-23(4)30(32)24(5)16-27/h6-16,21,28H,17-20H2,1-5H3,(H,33,36)/t28-/m1/s1. The zero-order valence-corrected chi connectivity index (χ0v) is 24.0. The Balaban J connectivity index is 1.91. The van der Waals surface area contributed by atoms with Gasteiger partial charge in [-0.1, -0.05) is 89.9 Å². The van der Waals surface area contributed by atoms with Crippen LogP contribution in [0.25, 0.3) is 0 Å². The molecule has 5 nitrogen and oxygen atoms in total. The van der Waals surface area contributed by atoms with Gasteiger partial charge in [0.25, 0.3) is 5.91 Å². The van der Waals surface area contributed by atoms with Gasteiger partial charge in [0, 0.05) is 24.0 Å². The Morgan fingerprint density at radius 1 is 0.919 bits per heavy atom. The third-order valence-corrected chi connectivity index (χ3v) is 7.41. The minimum atomic E-state index is -0.675. The highest BCUT2D eigenvalue weighted by atomic mass is 79.9. The molecule has 0 unspecified atom stereocenters. The van der Waals surface area contributed by atoms with E-state index in [0.717, 1.165) is 32.3 Å². The fourth-order valence-electron chi connectivity index (χ4n) is 4.20. The molecule has 0 radical (unpaired) electrons.